The number of pyridine rings is 1. The van der Waals surface area contributed by atoms with Gasteiger partial charge in [-0.05, 0) is 36.8 Å². The summed E-state index contributed by atoms with van der Waals surface area (Å²) in [5.74, 6) is 0.708. The summed E-state index contributed by atoms with van der Waals surface area (Å²) >= 11 is 5.99. The highest BCUT2D eigenvalue weighted by Gasteiger charge is 2.12. The number of nitrogen functional groups attached to an aromatic ring is 1. The molecule has 1 aromatic heterocycles. The first kappa shape index (κ1) is 11.7. The van der Waals surface area contributed by atoms with Crippen LogP contribution in [0.1, 0.15) is 5.56 Å². The summed E-state index contributed by atoms with van der Waals surface area (Å²) < 4.78 is 5.30. The predicted molar refractivity (Wildman–Crippen MR) is 70.4 cm³/mol. The van der Waals surface area contributed by atoms with E-state index in [0.717, 1.165) is 11.1 Å². The Bertz CT molecular complexity index is 555. The largest absolute Gasteiger partial charge is 0.496 e. The van der Waals surface area contributed by atoms with Crippen molar-refractivity contribution in [2.75, 3.05) is 12.8 Å². The SMILES string of the molecule is COc1ccc(Cl)cc1-c1nccc(C)c1N. The fourth-order valence-electron chi connectivity index (χ4n) is 1.65. The molecule has 0 aliphatic carbocycles. The van der Waals surface area contributed by atoms with E-state index in [4.69, 9.17) is 22.1 Å². The van der Waals surface area contributed by atoms with Crippen LogP contribution in [0.4, 0.5) is 5.69 Å². The average molecular weight is 249 g/mol. The number of methoxy groups -OCH3 is 1. The minimum Gasteiger partial charge on any atom is -0.496 e. The van der Waals surface area contributed by atoms with Crippen molar-refractivity contribution in [1.29, 1.82) is 0 Å². The fourth-order valence-corrected chi connectivity index (χ4v) is 1.82. The second kappa shape index (κ2) is 4.63. The van der Waals surface area contributed by atoms with Gasteiger partial charge in [-0.15, -0.1) is 0 Å². The molecule has 2 N–H and O–H groups in total. The number of nitrogens with zero attached hydrogens (tertiary/aromatic N) is 1. The molecule has 0 fully saturated rings. The minimum atomic E-state index is 0.628. The van der Waals surface area contributed by atoms with Crippen LogP contribution in [-0.4, -0.2) is 12.1 Å². The predicted octanol–water partition coefficient (Wildman–Crippen LogP) is 3.30. The zero-order valence-corrected chi connectivity index (χ0v) is 10.5. The van der Waals surface area contributed by atoms with Gasteiger partial charge in [-0.3, -0.25) is 4.98 Å². The standard InChI is InChI=1S/C13H13ClN2O/c1-8-5-6-16-13(12(8)15)10-7-9(14)3-4-11(10)17-2/h3-7H,15H2,1-2H3. The quantitative estimate of drug-likeness (QED) is 0.887. The summed E-state index contributed by atoms with van der Waals surface area (Å²) in [6.45, 7) is 1.94. The number of hydrogen-bond acceptors (Lipinski definition) is 3. The topological polar surface area (TPSA) is 48.1 Å². The van der Waals surface area contributed by atoms with E-state index in [-0.39, 0.29) is 0 Å². The molecule has 2 aromatic rings. The number of aromatic nitrogens is 1. The third kappa shape index (κ3) is 2.19. The lowest BCUT2D eigenvalue weighted by molar-refractivity contribution is 0.416. The number of aryl methyl sites for hydroxylation is 1. The van der Waals surface area contributed by atoms with E-state index in [1.165, 1.54) is 0 Å². The smallest absolute Gasteiger partial charge is 0.128 e. The lowest BCUT2D eigenvalue weighted by Gasteiger charge is -2.11. The van der Waals surface area contributed by atoms with Gasteiger partial charge in [0.15, 0.2) is 0 Å². The molecule has 88 valence electrons. The first-order valence-corrected chi connectivity index (χ1v) is 5.56. The Labute approximate surface area is 105 Å². The molecule has 4 heteroatoms. The van der Waals surface area contributed by atoms with E-state index in [9.17, 15) is 0 Å². The minimum absolute atomic E-state index is 0.628. The zero-order valence-electron chi connectivity index (χ0n) is 9.70. The van der Waals surface area contributed by atoms with Gasteiger partial charge in [0.25, 0.3) is 0 Å². The Balaban J connectivity index is 2.67. The molecule has 0 saturated heterocycles. The lowest BCUT2D eigenvalue weighted by atomic mass is 10.1. The summed E-state index contributed by atoms with van der Waals surface area (Å²) in [5, 5.41) is 0.628. The van der Waals surface area contributed by atoms with Gasteiger partial charge in [-0.25, -0.2) is 0 Å². The van der Waals surface area contributed by atoms with E-state index in [2.05, 4.69) is 4.98 Å². The zero-order chi connectivity index (χ0) is 12.4. The summed E-state index contributed by atoms with van der Waals surface area (Å²) in [7, 11) is 1.61. The second-order valence-corrected chi connectivity index (χ2v) is 4.17. The summed E-state index contributed by atoms with van der Waals surface area (Å²) in [6.07, 6.45) is 1.72. The molecule has 1 aromatic carbocycles. The monoisotopic (exact) mass is 248 g/mol. The van der Waals surface area contributed by atoms with Gasteiger partial charge in [0, 0.05) is 16.8 Å². The van der Waals surface area contributed by atoms with Crippen molar-refractivity contribution < 1.29 is 4.74 Å². The van der Waals surface area contributed by atoms with Gasteiger partial charge < -0.3 is 10.5 Å². The molecular weight excluding hydrogens is 236 g/mol. The van der Waals surface area contributed by atoms with E-state index in [1.807, 2.05) is 13.0 Å². The first-order chi connectivity index (χ1) is 8.13. The van der Waals surface area contributed by atoms with E-state index in [1.54, 1.807) is 31.5 Å². The van der Waals surface area contributed by atoms with Gasteiger partial charge in [-0.1, -0.05) is 11.6 Å². The molecule has 17 heavy (non-hydrogen) atoms. The fraction of sp³-hybridized carbons (Fsp3) is 0.154. The van der Waals surface area contributed by atoms with Gasteiger partial charge in [0.2, 0.25) is 0 Å². The van der Waals surface area contributed by atoms with Crippen LogP contribution in [0.3, 0.4) is 0 Å². The molecule has 0 radical (unpaired) electrons. The average Bonchev–Trinajstić information content (AvgIpc) is 2.33. The van der Waals surface area contributed by atoms with E-state index < -0.39 is 0 Å². The highest BCUT2D eigenvalue weighted by atomic mass is 35.5. The number of hydrogen-bond donors (Lipinski definition) is 1. The van der Waals surface area contributed by atoms with Crippen molar-refractivity contribution in [2.24, 2.45) is 0 Å². The third-order valence-electron chi connectivity index (χ3n) is 2.62. The number of ether oxygens (including phenoxy) is 1. The van der Waals surface area contributed by atoms with Gasteiger partial charge >= 0.3 is 0 Å². The highest BCUT2D eigenvalue weighted by molar-refractivity contribution is 6.31. The van der Waals surface area contributed by atoms with Crippen LogP contribution in [-0.2, 0) is 0 Å². The van der Waals surface area contributed by atoms with Crippen LogP contribution < -0.4 is 10.5 Å². The maximum absolute atomic E-state index is 6.03. The van der Waals surface area contributed by atoms with E-state index >= 15 is 0 Å². The number of rotatable bonds is 2. The molecule has 0 saturated carbocycles. The molecule has 0 amide bonds. The Morgan fingerprint density at radius 2 is 2.06 bits per heavy atom. The number of nitrogens with two attached hydrogens (primary N) is 1. The molecule has 1 heterocycles. The van der Waals surface area contributed by atoms with Crippen LogP contribution >= 0.6 is 11.6 Å². The van der Waals surface area contributed by atoms with Crippen molar-refractivity contribution in [1.82, 2.24) is 4.98 Å². The van der Waals surface area contributed by atoms with Crippen molar-refractivity contribution in [3.63, 3.8) is 0 Å². The number of benzene rings is 1. The summed E-state index contributed by atoms with van der Waals surface area (Å²) in [4.78, 5) is 4.30. The van der Waals surface area contributed by atoms with Gasteiger partial charge in [-0.2, -0.15) is 0 Å². The van der Waals surface area contributed by atoms with Crippen LogP contribution in [0.25, 0.3) is 11.3 Å². The Morgan fingerprint density at radius 1 is 1.29 bits per heavy atom. The third-order valence-corrected chi connectivity index (χ3v) is 2.86. The Hall–Kier alpha value is -1.74. The van der Waals surface area contributed by atoms with Crippen LogP contribution in [0, 0.1) is 6.92 Å². The van der Waals surface area contributed by atoms with Crippen LogP contribution in [0.5, 0.6) is 5.75 Å². The molecule has 0 bridgehead atoms. The van der Waals surface area contributed by atoms with Crippen molar-refractivity contribution >= 4 is 17.3 Å². The normalized spacial score (nSPS) is 10.3. The van der Waals surface area contributed by atoms with Gasteiger partial charge in [0.1, 0.15) is 5.75 Å². The van der Waals surface area contributed by atoms with Crippen LogP contribution in [0.15, 0.2) is 30.5 Å². The highest BCUT2D eigenvalue weighted by Crippen LogP contribution is 2.35. The van der Waals surface area contributed by atoms with Crippen molar-refractivity contribution in [3.05, 3.63) is 41.0 Å². The molecule has 0 aliphatic heterocycles. The number of anilines is 1. The van der Waals surface area contributed by atoms with Crippen molar-refractivity contribution in [2.45, 2.75) is 6.92 Å². The molecule has 0 atom stereocenters. The Morgan fingerprint density at radius 3 is 2.76 bits per heavy atom. The van der Waals surface area contributed by atoms with Crippen molar-refractivity contribution in [3.8, 4) is 17.0 Å². The number of halogens is 1. The summed E-state index contributed by atoms with van der Waals surface area (Å²) in [6, 6.07) is 7.26. The molecule has 0 spiro atoms. The first-order valence-electron chi connectivity index (χ1n) is 5.18. The van der Waals surface area contributed by atoms with Gasteiger partial charge in [0.05, 0.1) is 18.5 Å². The Kier molecular flexibility index (Phi) is 3.20. The van der Waals surface area contributed by atoms with Crippen LogP contribution in [0.2, 0.25) is 5.02 Å². The molecule has 0 unspecified atom stereocenters. The summed E-state index contributed by atoms with van der Waals surface area (Å²) in [5.41, 5.74) is 9.16. The molecule has 2 rings (SSSR count). The molecular formula is C13H13ClN2O. The second-order valence-electron chi connectivity index (χ2n) is 3.73. The maximum Gasteiger partial charge on any atom is 0.128 e. The van der Waals surface area contributed by atoms with E-state index in [0.29, 0.717) is 22.2 Å². The lowest BCUT2D eigenvalue weighted by Crippen LogP contribution is -1.98. The molecule has 0 aliphatic rings. The maximum atomic E-state index is 6.03. The molecule has 3 nitrogen and oxygen atoms in total.